The highest BCUT2D eigenvalue weighted by Gasteiger charge is 2.09. The summed E-state index contributed by atoms with van der Waals surface area (Å²) in [5.41, 5.74) is 5.22. The second kappa shape index (κ2) is 5.25. The van der Waals surface area contributed by atoms with E-state index in [-0.39, 0.29) is 5.82 Å². The summed E-state index contributed by atoms with van der Waals surface area (Å²) >= 11 is 0. The Morgan fingerprint density at radius 2 is 1.50 bits per heavy atom. The van der Waals surface area contributed by atoms with Gasteiger partial charge in [0.2, 0.25) is 0 Å². The molecular weight excluding hydrogens is 249 g/mol. The van der Waals surface area contributed by atoms with Gasteiger partial charge in [-0.25, -0.2) is 4.39 Å². The Balaban J connectivity index is 2.19. The molecule has 1 heterocycles. The second-order valence-corrected chi connectivity index (χ2v) is 4.72. The molecule has 0 atom stereocenters. The van der Waals surface area contributed by atoms with Gasteiger partial charge >= 0.3 is 0 Å². The average molecular weight is 263 g/mol. The lowest BCUT2D eigenvalue weighted by molar-refractivity contribution is 0.628. The lowest BCUT2D eigenvalue weighted by atomic mass is 9.95. The summed E-state index contributed by atoms with van der Waals surface area (Å²) in [6, 6.07) is 18.6. The lowest BCUT2D eigenvalue weighted by Crippen LogP contribution is -1.90. The van der Waals surface area contributed by atoms with E-state index in [0.29, 0.717) is 0 Å². The van der Waals surface area contributed by atoms with Gasteiger partial charge in [0.05, 0.1) is 5.69 Å². The summed E-state index contributed by atoms with van der Waals surface area (Å²) in [6.07, 6.45) is 1.80. The molecule has 0 amide bonds. The van der Waals surface area contributed by atoms with E-state index in [1.165, 1.54) is 12.1 Å². The first-order valence-electron chi connectivity index (χ1n) is 6.52. The summed E-state index contributed by atoms with van der Waals surface area (Å²) in [7, 11) is 0. The van der Waals surface area contributed by atoms with Crippen molar-refractivity contribution in [3.63, 3.8) is 0 Å². The SMILES string of the molecule is Cc1cccnc1-c1ccccc1-c1ccc(F)cc1. The fourth-order valence-corrected chi connectivity index (χ4v) is 2.34. The smallest absolute Gasteiger partial charge is 0.123 e. The Morgan fingerprint density at radius 1 is 0.800 bits per heavy atom. The minimum atomic E-state index is -0.222. The van der Waals surface area contributed by atoms with Crippen molar-refractivity contribution in [1.29, 1.82) is 0 Å². The highest BCUT2D eigenvalue weighted by molar-refractivity contribution is 5.82. The number of hydrogen-bond donors (Lipinski definition) is 0. The minimum absolute atomic E-state index is 0.222. The monoisotopic (exact) mass is 263 g/mol. The van der Waals surface area contributed by atoms with Gasteiger partial charge in [-0.2, -0.15) is 0 Å². The minimum Gasteiger partial charge on any atom is -0.256 e. The first-order valence-corrected chi connectivity index (χ1v) is 6.52. The molecule has 2 heteroatoms. The van der Waals surface area contributed by atoms with Crippen LogP contribution < -0.4 is 0 Å². The van der Waals surface area contributed by atoms with Crippen LogP contribution in [0.25, 0.3) is 22.4 Å². The van der Waals surface area contributed by atoms with Crippen LogP contribution in [0.4, 0.5) is 4.39 Å². The van der Waals surface area contributed by atoms with Crippen LogP contribution in [0.5, 0.6) is 0 Å². The third-order valence-corrected chi connectivity index (χ3v) is 3.35. The first-order chi connectivity index (χ1) is 9.75. The van der Waals surface area contributed by atoms with E-state index in [1.807, 2.05) is 43.3 Å². The third-order valence-electron chi connectivity index (χ3n) is 3.35. The maximum Gasteiger partial charge on any atom is 0.123 e. The molecule has 3 rings (SSSR count). The summed E-state index contributed by atoms with van der Waals surface area (Å²) in [5.74, 6) is -0.222. The van der Waals surface area contributed by atoms with Crippen LogP contribution in [-0.2, 0) is 0 Å². The van der Waals surface area contributed by atoms with Crippen molar-refractivity contribution in [1.82, 2.24) is 4.98 Å². The highest BCUT2D eigenvalue weighted by Crippen LogP contribution is 2.32. The Hall–Kier alpha value is -2.48. The van der Waals surface area contributed by atoms with Gasteiger partial charge in [-0.15, -0.1) is 0 Å². The van der Waals surface area contributed by atoms with Gasteiger partial charge in [-0.3, -0.25) is 4.98 Å². The van der Waals surface area contributed by atoms with Crippen molar-refractivity contribution in [3.8, 4) is 22.4 Å². The Kier molecular flexibility index (Phi) is 3.30. The number of aromatic nitrogens is 1. The van der Waals surface area contributed by atoms with E-state index in [4.69, 9.17) is 0 Å². The zero-order chi connectivity index (χ0) is 13.9. The molecule has 0 aliphatic carbocycles. The topological polar surface area (TPSA) is 12.9 Å². The molecule has 0 bridgehead atoms. The number of benzene rings is 2. The summed E-state index contributed by atoms with van der Waals surface area (Å²) in [6.45, 7) is 2.05. The third kappa shape index (κ3) is 2.32. The van der Waals surface area contributed by atoms with Crippen LogP contribution >= 0.6 is 0 Å². The molecule has 0 unspecified atom stereocenters. The quantitative estimate of drug-likeness (QED) is 0.643. The fourth-order valence-electron chi connectivity index (χ4n) is 2.34. The van der Waals surface area contributed by atoms with Gasteiger partial charge in [0.15, 0.2) is 0 Å². The van der Waals surface area contributed by atoms with Gasteiger partial charge in [-0.05, 0) is 41.8 Å². The number of pyridine rings is 1. The lowest BCUT2D eigenvalue weighted by Gasteiger charge is -2.11. The number of rotatable bonds is 2. The Morgan fingerprint density at radius 3 is 2.20 bits per heavy atom. The largest absolute Gasteiger partial charge is 0.256 e. The van der Waals surface area contributed by atoms with Crippen molar-refractivity contribution in [2.24, 2.45) is 0 Å². The molecule has 2 aromatic carbocycles. The van der Waals surface area contributed by atoms with Crippen molar-refractivity contribution in [3.05, 3.63) is 78.2 Å². The predicted octanol–water partition coefficient (Wildman–Crippen LogP) is 4.86. The summed E-state index contributed by atoms with van der Waals surface area (Å²) < 4.78 is 13.1. The first kappa shape index (κ1) is 12.5. The van der Waals surface area contributed by atoms with Crippen LogP contribution in [-0.4, -0.2) is 4.98 Å². The normalized spacial score (nSPS) is 10.5. The van der Waals surface area contributed by atoms with Crippen molar-refractivity contribution < 1.29 is 4.39 Å². The van der Waals surface area contributed by atoms with Crippen molar-refractivity contribution >= 4 is 0 Å². The van der Waals surface area contributed by atoms with Crippen molar-refractivity contribution in [2.45, 2.75) is 6.92 Å². The molecule has 1 nitrogen and oxygen atoms in total. The zero-order valence-electron chi connectivity index (χ0n) is 11.2. The molecule has 1 aromatic heterocycles. The number of halogens is 1. The van der Waals surface area contributed by atoms with Gasteiger partial charge < -0.3 is 0 Å². The van der Waals surface area contributed by atoms with Gasteiger partial charge in [0.1, 0.15) is 5.82 Å². The fraction of sp³-hybridized carbons (Fsp3) is 0.0556. The number of aryl methyl sites for hydroxylation is 1. The molecule has 0 aliphatic heterocycles. The molecule has 3 aromatic rings. The van der Waals surface area contributed by atoms with Crippen LogP contribution in [0.1, 0.15) is 5.56 Å². The maximum atomic E-state index is 13.1. The molecule has 0 aliphatic rings. The van der Waals surface area contributed by atoms with E-state index >= 15 is 0 Å². The van der Waals surface area contributed by atoms with E-state index in [1.54, 1.807) is 18.3 Å². The zero-order valence-corrected chi connectivity index (χ0v) is 11.2. The molecule has 0 saturated carbocycles. The number of nitrogens with zero attached hydrogens (tertiary/aromatic N) is 1. The van der Waals surface area contributed by atoms with E-state index in [9.17, 15) is 4.39 Å². The van der Waals surface area contributed by atoms with Crippen LogP contribution in [0.15, 0.2) is 66.9 Å². The van der Waals surface area contributed by atoms with Gasteiger partial charge in [0, 0.05) is 11.8 Å². The number of hydrogen-bond acceptors (Lipinski definition) is 1. The molecule has 0 saturated heterocycles. The average Bonchev–Trinajstić information content (AvgIpc) is 2.49. The van der Waals surface area contributed by atoms with Crippen LogP contribution in [0, 0.1) is 12.7 Å². The molecule has 0 radical (unpaired) electrons. The Bertz CT molecular complexity index is 732. The second-order valence-electron chi connectivity index (χ2n) is 4.72. The van der Waals surface area contributed by atoms with E-state index in [2.05, 4.69) is 4.98 Å². The standard InChI is InChI=1S/C18H14FN/c1-13-5-4-12-20-18(13)17-7-3-2-6-16(17)14-8-10-15(19)11-9-14/h2-12H,1H3. The molecule has 98 valence electrons. The Labute approximate surface area is 117 Å². The van der Waals surface area contributed by atoms with Gasteiger partial charge in [-0.1, -0.05) is 42.5 Å². The van der Waals surface area contributed by atoms with E-state index in [0.717, 1.165) is 27.9 Å². The predicted molar refractivity (Wildman–Crippen MR) is 79.8 cm³/mol. The van der Waals surface area contributed by atoms with E-state index < -0.39 is 0 Å². The molecule has 0 fully saturated rings. The molecular formula is C18H14FN. The molecule has 0 spiro atoms. The summed E-state index contributed by atoms with van der Waals surface area (Å²) in [5, 5.41) is 0. The summed E-state index contributed by atoms with van der Waals surface area (Å²) in [4.78, 5) is 4.48. The highest BCUT2D eigenvalue weighted by atomic mass is 19.1. The van der Waals surface area contributed by atoms with Crippen molar-refractivity contribution in [2.75, 3.05) is 0 Å². The van der Waals surface area contributed by atoms with Crippen LogP contribution in [0.3, 0.4) is 0 Å². The molecule has 0 N–H and O–H groups in total. The maximum absolute atomic E-state index is 13.1. The van der Waals surface area contributed by atoms with Crippen LogP contribution in [0.2, 0.25) is 0 Å². The molecule has 20 heavy (non-hydrogen) atoms. The van der Waals surface area contributed by atoms with Gasteiger partial charge in [0.25, 0.3) is 0 Å².